The van der Waals surface area contributed by atoms with Crippen molar-refractivity contribution in [2.75, 3.05) is 5.32 Å². The molecule has 20 heavy (non-hydrogen) atoms. The topological polar surface area (TPSA) is 81.3 Å². The molecule has 0 saturated heterocycles. The maximum atomic E-state index is 12.3. The molecule has 1 amide bonds. The largest absolute Gasteiger partial charge is 0.297 e. The van der Waals surface area contributed by atoms with Crippen LogP contribution in [0.3, 0.4) is 0 Å². The Hall–Kier alpha value is -2.48. The predicted octanol–water partition coefficient (Wildman–Crippen LogP) is 1.22. The number of fused-ring (bicyclic) bond motifs is 1. The van der Waals surface area contributed by atoms with Gasteiger partial charge in [-0.2, -0.15) is 4.52 Å². The van der Waals surface area contributed by atoms with Crippen LogP contribution in [0, 0.1) is 0 Å². The fraction of sp³-hybridized carbons (Fsp3) is 0.167. The maximum absolute atomic E-state index is 12.3. The van der Waals surface area contributed by atoms with Gasteiger partial charge in [0.2, 0.25) is 0 Å². The second kappa shape index (κ2) is 4.89. The van der Waals surface area contributed by atoms with Crippen molar-refractivity contribution in [2.24, 2.45) is 0 Å². The Labute approximate surface area is 117 Å². The molecule has 3 aromatic heterocycles. The highest BCUT2D eigenvalue weighted by Crippen LogP contribution is 2.13. The minimum Gasteiger partial charge on any atom is -0.297 e. The lowest BCUT2D eigenvalue weighted by Crippen LogP contribution is -2.24. The Balaban J connectivity index is 2.09. The summed E-state index contributed by atoms with van der Waals surface area (Å²) in [5, 5.41) is 4.99. The highest BCUT2D eigenvalue weighted by Gasteiger charge is 2.17. The van der Waals surface area contributed by atoms with Crippen LogP contribution < -0.4 is 10.9 Å². The van der Waals surface area contributed by atoms with E-state index in [0.29, 0.717) is 23.0 Å². The number of anilines is 1. The number of aryl methyl sites for hydroxylation is 1. The molecular formula is C12H11N5O2S. The molecular weight excluding hydrogens is 278 g/mol. The first kappa shape index (κ1) is 12.5. The fourth-order valence-electron chi connectivity index (χ4n) is 2.00. The third kappa shape index (κ3) is 1.99. The predicted molar refractivity (Wildman–Crippen MR) is 75.2 cm³/mol. The van der Waals surface area contributed by atoms with E-state index in [4.69, 9.17) is 0 Å². The molecule has 3 rings (SSSR count). The number of carbonyl (C=O) groups excluding carboxylic acids is 1. The Morgan fingerprint density at radius 2 is 2.25 bits per heavy atom. The molecule has 0 fully saturated rings. The van der Waals surface area contributed by atoms with Gasteiger partial charge in [-0.3, -0.25) is 19.6 Å². The van der Waals surface area contributed by atoms with E-state index in [1.54, 1.807) is 22.3 Å². The molecule has 0 spiro atoms. The first-order valence-corrected chi connectivity index (χ1v) is 6.87. The summed E-state index contributed by atoms with van der Waals surface area (Å²) in [6, 6.07) is 2.95. The number of hydrogen-bond donors (Lipinski definition) is 1. The molecule has 0 aliphatic heterocycles. The number of hydrogen-bond acceptors (Lipinski definition) is 5. The normalized spacial score (nSPS) is 10.8. The molecule has 3 heterocycles. The van der Waals surface area contributed by atoms with Crippen molar-refractivity contribution in [3.8, 4) is 0 Å². The molecule has 7 nitrogen and oxygen atoms in total. The SMILES string of the molecule is CCn1c(C(=O)Nc2nccs2)cc2nccc(=O)n21. The Morgan fingerprint density at radius 1 is 1.40 bits per heavy atom. The Kier molecular flexibility index (Phi) is 3.07. The van der Waals surface area contributed by atoms with Crippen LogP contribution in [0.2, 0.25) is 0 Å². The van der Waals surface area contributed by atoms with Crippen molar-refractivity contribution in [2.45, 2.75) is 13.5 Å². The summed E-state index contributed by atoms with van der Waals surface area (Å²) in [6.07, 6.45) is 3.04. The zero-order valence-electron chi connectivity index (χ0n) is 10.6. The van der Waals surface area contributed by atoms with E-state index in [0.717, 1.165) is 0 Å². The fourth-order valence-corrected chi connectivity index (χ4v) is 2.53. The Morgan fingerprint density at radius 3 is 2.95 bits per heavy atom. The van der Waals surface area contributed by atoms with Crippen molar-refractivity contribution in [1.82, 2.24) is 19.2 Å². The lowest BCUT2D eigenvalue weighted by Gasteiger charge is -2.07. The van der Waals surface area contributed by atoms with Crippen LogP contribution in [0.5, 0.6) is 0 Å². The van der Waals surface area contributed by atoms with Crippen LogP contribution in [-0.2, 0) is 6.54 Å². The van der Waals surface area contributed by atoms with Gasteiger partial charge >= 0.3 is 0 Å². The standard InChI is InChI=1S/C12H11N5O2S/c1-2-16-8(11(19)15-12-14-5-6-20-12)7-9-13-4-3-10(18)17(9)16/h3-7H,2H2,1H3,(H,14,15,19). The summed E-state index contributed by atoms with van der Waals surface area (Å²) in [7, 11) is 0. The molecule has 0 atom stereocenters. The summed E-state index contributed by atoms with van der Waals surface area (Å²) in [5.74, 6) is -0.313. The highest BCUT2D eigenvalue weighted by molar-refractivity contribution is 7.13. The molecule has 0 aliphatic carbocycles. The van der Waals surface area contributed by atoms with Gasteiger partial charge in [0.15, 0.2) is 10.8 Å². The van der Waals surface area contributed by atoms with Crippen molar-refractivity contribution >= 4 is 28.0 Å². The van der Waals surface area contributed by atoms with Crippen LogP contribution in [0.15, 0.2) is 34.7 Å². The van der Waals surface area contributed by atoms with Gasteiger partial charge in [0.25, 0.3) is 11.5 Å². The van der Waals surface area contributed by atoms with Gasteiger partial charge in [-0.05, 0) is 6.92 Å². The molecule has 0 aliphatic rings. The van der Waals surface area contributed by atoms with Gasteiger partial charge in [0, 0.05) is 36.5 Å². The molecule has 0 saturated carbocycles. The van der Waals surface area contributed by atoms with Gasteiger partial charge in [0.1, 0.15) is 5.69 Å². The summed E-state index contributed by atoms with van der Waals surface area (Å²) in [6.45, 7) is 2.34. The summed E-state index contributed by atoms with van der Waals surface area (Å²) < 4.78 is 2.98. The van der Waals surface area contributed by atoms with E-state index >= 15 is 0 Å². The zero-order chi connectivity index (χ0) is 14.1. The maximum Gasteiger partial charge on any atom is 0.275 e. The molecule has 102 valence electrons. The number of amides is 1. The highest BCUT2D eigenvalue weighted by atomic mass is 32.1. The molecule has 3 aromatic rings. The molecule has 0 bridgehead atoms. The third-order valence-electron chi connectivity index (χ3n) is 2.82. The molecule has 0 aromatic carbocycles. The first-order chi connectivity index (χ1) is 9.70. The molecule has 1 N–H and O–H groups in total. The minimum absolute atomic E-state index is 0.217. The summed E-state index contributed by atoms with van der Waals surface area (Å²) >= 11 is 1.33. The van der Waals surface area contributed by atoms with Crippen LogP contribution in [0.4, 0.5) is 5.13 Å². The van der Waals surface area contributed by atoms with E-state index in [-0.39, 0.29) is 11.5 Å². The van der Waals surface area contributed by atoms with E-state index in [2.05, 4.69) is 15.3 Å². The van der Waals surface area contributed by atoms with Crippen LogP contribution in [0.1, 0.15) is 17.4 Å². The van der Waals surface area contributed by atoms with Gasteiger partial charge < -0.3 is 0 Å². The molecule has 0 radical (unpaired) electrons. The van der Waals surface area contributed by atoms with Gasteiger partial charge in [-0.25, -0.2) is 9.97 Å². The van der Waals surface area contributed by atoms with Crippen molar-refractivity contribution < 1.29 is 4.79 Å². The average molecular weight is 289 g/mol. The number of thiazole rings is 1. The number of nitrogens with one attached hydrogen (secondary N) is 1. The van der Waals surface area contributed by atoms with Gasteiger partial charge in [-0.15, -0.1) is 11.3 Å². The number of carbonyl (C=O) groups is 1. The smallest absolute Gasteiger partial charge is 0.275 e. The lowest BCUT2D eigenvalue weighted by atomic mass is 10.4. The van der Waals surface area contributed by atoms with Crippen LogP contribution in [-0.4, -0.2) is 25.1 Å². The second-order valence-electron chi connectivity index (χ2n) is 3.99. The van der Waals surface area contributed by atoms with E-state index < -0.39 is 0 Å². The van der Waals surface area contributed by atoms with Crippen molar-refractivity contribution in [1.29, 1.82) is 0 Å². The number of nitrogens with zero attached hydrogens (tertiary/aromatic N) is 4. The zero-order valence-corrected chi connectivity index (χ0v) is 11.4. The lowest BCUT2D eigenvalue weighted by molar-refractivity contribution is 0.101. The van der Waals surface area contributed by atoms with E-state index in [1.165, 1.54) is 28.1 Å². The summed E-state index contributed by atoms with van der Waals surface area (Å²) in [5.41, 5.74) is 0.604. The van der Waals surface area contributed by atoms with Gasteiger partial charge in [-0.1, -0.05) is 0 Å². The summed E-state index contributed by atoms with van der Waals surface area (Å²) in [4.78, 5) is 32.2. The Bertz CT molecular complexity index is 818. The van der Waals surface area contributed by atoms with Crippen LogP contribution >= 0.6 is 11.3 Å². The third-order valence-corrected chi connectivity index (χ3v) is 3.51. The quantitative estimate of drug-likeness (QED) is 0.786. The van der Waals surface area contributed by atoms with E-state index in [9.17, 15) is 9.59 Å². The molecule has 8 heteroatoms. The van der Waals surface area contributed by atoms with E-state index in [1.807, 2.05) is 6.92 Å². The second-order valence-corrected chi connectivity index (χ2v) is 4.88. The van der Waals surface area contributed by atoms with Crippen molar-refractivity contribution in [3.63, 3.8) is 0 Å². The van der Waals surface area contributed by atoms with Crippen LogP contribution in [0.25, 0.3) is 5.65 Å². The van der Waals surface area contributed by atoms with Gasteiger partial charge in [0.05, 0.1) is 0 Å². The average Bonchev–Trinajstić information content (AvgIpc) is 3.05. The first-order valence-electron chi connectivity index (χ1n) is 5.99. The van der Waals surface area contributed by atoms with Crippen molar-refractivity contribution in [3.05, 3.63) is 46.0 Å². The minimum atomic E-state index is -0.313. The monoisotopic (exact) mass is 289 g/mol. The molecule has 0 unspecified atom stereocenters. The number of aromatic nitrogens is 4. The number of rotatable bonds is 3.